The molecule has 0 atom stereocenters. The molecule has 2 heteroatoms. The van der Waals surface area contributed by atoms with Gasteiger partial charge in [-0.3, -0.25) is 4.98 Å². The molecule has 72 valence electrons. The van der Waals surface area contributed by atoms with Gasteiger partial charge in [-0.2, -0.15) is 0 Å². The van der Waals surface area contributed by atoms with E-state index in [1.54, 1.807) is 6.07 Å². The van der Waals surface area contributed by atoms with Gasteiger partial charge in [-0.05, 0) is 30.9 Å². The van der Waals surface area contributed by atoms with Crippen molar-refractivity contribution in [2.24, 2.45) is 5.41 Å². The summed E-state index contributed by atoms with van der Waals surface area (Å²) < 4.78 is 0. The average molecular weight is 179 g/mol. The second kappa shape index (κ2) is 3.36. The first-order valence-electron chi connectivity index (χ1n) is 4.54. The lowest BCUT2D eigenvalue weighted by atomic mass is 9.90. The molecule has 1 rings (SSSR count). The van der Waals surface area contributed by atoms with Gasteiger partial charge >= 0.3 is 0 Å². The number of nitrogens with zero attached hydrogens (tertiary/aromatic N) is 1. The highest BCUT2D eigenvalue weighted by atomic mass is 16.3. The van der Waals surface area contributed by atoms with Crippen molar-refractivity contribution in [2.45, 2.75) is 34.1 Å². The Morgan fingerprint density at radius 1 is 1.31 bits per heavy atom. The SMILES string of the molecule is Cc1ccc(O)c(CC(C)(C)C)n1. The van der Waals surface area contributed by atoms with Crippen molar-refractivity contribution in [1.82, 2.24) is 4.98 Å². The summed E-state index contributed by atoms with van der Waals surface area (Å²) >= 11 is 0. The molecule has 0 aliphatic carbocycles. The first kappa shape index (κ1) is 10.0. The van der Waals surface area contributed by atoms with Gasteiger partial charge in [0.05, 0.1) is 5.69 Å². The molecule has 13 heavy (non-hydrogen) atoms. The van der Waals surface area contributed by atoms with Crippen molar-refractivity contribution in [3.63, 3.8) is 0 Å². The van der Waals surface area contributed by atoms with E-state index in [0.29, 0.717) is 5.75 Å². The van der Waals surface area contributed by atoms with Crippen LogP contribution in [0.2, 0.25) is 0 Å². The Kier molecular flexibility index (Phi) is 2.60. The number of hydrogen-bond donors (Lipinski definition) is 1. The van der Waals surface area contributed by atoms with E-state index in [-0.39, 0.29) is 5.41 Å². The minimum absolute atomic E-state index is 0.165. The Balaban J connectivity index is 2.94. The molecule has 0 amide bonds. The zero-order valence-corrected chi connectivity index (χ0v) is 8.76. The van der Waals surface area contributed by atoms with Gasteiger partial charge in [0.15, 0.2) is 0 Å². The van der Waals surface area contributed by atoms with Gasteiger partial charge in [0, 0.05) is 5.69 Å². The number of hydrogen-bond acceptors (Lipinski definition) is 2. The molecule has 0 bridgehead atoms. The van der Waals surface area contributed by atoms with Crippen molar-refractivity contribution in [1.29, 1.82) is 0 Å². The largest absolute Gasteiger partial charge is 0.506 e. The molecular weight excluding hydrogens is 162 g/mol. The number of rotatable bonds is 1. The summed E-state index contributed by atoms with van der Waals surface area (Å²) in [6, 6.07) is 3.53. The summed E-state index contributed by atoms with van der Waals surface area (Å²) in [7, 11) is 0. The Labute approximate surface area is 79.6 Å². The van der Waals surface area contributed by atoms with Crippen LogP contribution in [-0.2, 0) is 6.42 Å². The zero-order chi connectivity index (χ0) is 10.1. The third-order valence-electron chi connectivity index (χ3n) is 1.79. The number of aromatic hydroxyl groups is 1. The van der Waals surface area contributed by atoms with Crippen LogP contribution in [0.3, 0.4) is 0 Å². The molecule has 0 saturated heterocycles. The van der Waals surface area contributed by atoms with Gasteiger partial charge in [-0.25, -0.2) is 0 Å². The summed E-state index contributed by atoms with van der Waals surface area (Å²) in [6.45, 7) is 8.34. The predicted octanol–water partition coefficient (Wildman–Crippen LogP) is 2.68. The van der Waals surface area contributed by atoms with Gasteiger partial charge in [0.25, 0.3) is 0 Å². The molecule has 0 unspecified atom stereocenters. The van der Waals surface area contributed by atoms with E-state index < -0.39 is 0 Å². The van der Waals surface area contributed by atoms with E-state index >= 15 is 0 Å². The normalized spacial score (nSPS) is 11.7. The van der Waals surface area contributed by atoms with Crippen molar-refractivity contribution < 1.29 is 5.11 Å². The van der Waals surface area contributed by atoms with Crippen molar-refractivity contribution in [3.05, 3.63) is 23.5 Å². The third-order valence-corrected chi connectivity index (χ3v) is 1.79. The maximum atomic E-state index is 9.54. The lowest BCUT2D eigenvalue weighted by Crippen LogP contribution is -2.10. The fourth-order valence-corrected chi connectivity index (χ4v) is 1.24. The van der Waals surface area contributed by atoms with Gasteiger partial charge in [0.1, 0.15) is 5.75 Å². The minimum atomic E-state index is 0.165. The lowest BCUT2D eigenvalue weighted by molar-refractivity contribution is 0.388. The van der Waals surface area contributed by atoms with E-state index in [2.05, 4.69) is 25.8 Å². The van der Waals surface area contributed by atoms with E-state index in [1.807, 2.05) is 13.0 Å². The van der Waals surface area contributed by atoms with Crippen LogP contribution < -0.4 is 0 Å². The van der Waals surface area contributed by atoms with Crippen molar-refractivity contribution in [3.8, 4) is 5.75 Å². The molecule has 0 aromatic carbocycles. The van der Waals surface area contributed by atoms with Crippen LogP contribution in [0.15, 0.2) is 12.1 Å². The van der Waals surface area contributed by atoms with E-state index in [9.17, 15) is 5.11 Å². The molecule has 1 heterocycles. The summed E-state index contributed by atoms with van der Waals surface area (Å²) in [6.07, 6.45) is 0.806. The van der Waals surface area contributed by atoms with E-state index in [0.717, 1.165) is 17.8 Å². The summed E-state index contributed by atoms with van der Waals surface area (Å²) in [5.74, 6) is 0.306. The average Bonchev–Trinajstić information content (AvgIpc) is 1.94. The van der Waals surface area contributed by atoms with Gasteiger partial charge in [0.2, 0.25) is 0 Å². The Hall–Kier alpha value is -1.05. The van der Waals surface area contributed by atoms with E-state index in [4.69, 9.17) is 0 Å². The van der Waals surface area contributed by atoms with Crippen LogP contribution in [0.1, 0.15) is 32.2 Å². The molecule has 0 radical (unpaired) electrons. The molecule has 1 aromatic rings. The lowest BCUT2D eigenvalue weighted by Gasteiger charge is -2.18. The molecule has 0 fully saturated rings. The molecular formula is C11H17NO. The zero-order valence-electron chi connectivity index (χ0n) is 8.76. The maximum absolute atomic E-state index is 9.54. The molecule has 0 aliphatic heterocycles. The van der Waals surface area contributed by atoms with Crippen LogP contribution >= 0.6 is 0 Å². The third kappa shape index (κ3) is 3.05. The molecule has 2 nitrogen and oxygen atoms in total. The monoisotopic (exact) mass is 179 g/mol. The maximum Gasteiger partial charge on any atom is 0.137 e. The first-order chi connectivity index (χ1) is 5.88. The van der Waals surface area contributed by atoms with Gasteiger partial charge < -0.3 is 5.11 Å². The van der Waals surface area contributed by atoms with Crippen LogP contribution in [0, 0.1) is 12.3 Å². The molecule has 0 spiro atoms. The summed E-state index contributed by atoms with van der Waals surface area (Å²) in [5, 5.41) is 9.54. The second-order valence-electron chi connectivity index (χ2n) is 4.66. The highest BCUT2D eigenvalue weighted by molar-refractivity contribution is 5.28. The second-order valence-corrected chi connectivity index (χ2v) is 4.66. The van der Waals surface area contributed by atoms with Gasteiger partial charge in [-0.15, -0.1) is 0 Å². The summed E-state index contributed by atoms with van der Waals surface area (Å²) in [5.41, 5.74) is 1.92. The Morgan fingerprint density at radius 2 is 1.92 bits per heavy atom. The van der Waals surface area contributed by atoms with Gasteiger partial charge in [-0.1, -0.05) is 20.8 Å². The predicted molar refractivity (Wildman–Crippen MR) is 53.8 cm³/mol. The Morgan fingerprint density at radius 3 is 2.46 bits per heavy atom. The van der Waals surface area contributed by atoms with E-state index in [1.165, 1.54) is 0 Å². The van der Waals surface area contributed by atoms with Crippen molar-refractivity contribution in [2.75, 3.05) is 0 Å². The van der Waals surface area contributed by atoms with Crippen LogP contribution in [0.25, 0.3) is 0 Å². The molecule has 0 saturated carbocycles. The van der Waals surface area contributed by atoms with Crippen LogP contribution in [-0.4, -0.2) is 10.1 Å². The fraction of sp³-hybridized carbons (Fsp3) is 0.545. The molecule has 0 aliphatic rings. The van der Waals surface area contributed by atoms with Crippen LogP contribution in [0.4, 0.5) is 0 Å². The van der Waals surface area contributed by atoms with Crippen molar-refractivity contribution >= 4 is 0 Å². The smallest absolute Gasteiger partial charge is 0.137 e. The minimum Gasteiger partial charge on any atom is -0.506 e. The standard InChI is InChI=1S/C11H17NO/c1-8-5-6-10(13)9(12-8)7-11(2,3)4/h5-6,13H,7H2,1-4H3. The quantitative estimate of drug-likeness (QED) is 0.719. The fourth-order valence-electron chi connectivity index (χ4n) is 1.24. The highest BCUT2D eigenvalue weighted by Gasteiger charge is 2.14. The number of aryl methyl sites for hydroxylation is 1. The number of aromatic nitrogens is 1. The number of pyridine rings is 1. The van der Waals surface area contributed by atoms with Crippen LogP contribution in [0.5, 0.6) is 5.75 Å². The first-order valence-corrected chi connectivity index (χ1v) is 4.54. The topological polar surface area (TPSA) is 33.1 Å². The molecule has 1 aromatic heterocycles. The Bertz CT molecular complexity index is 299. The molecule has 1 N–H and O–H groups in total. The highest BCUT2D eigenvalue weighted by Crippen LogP contribution is 2.24. The summed E-state index contributed by atoms with van der Waals surface area (Å²) in [4.78, 5) is 4.31.